The molecule has 0 spiro atoms. The molecule has 2 aromatic carbocycles. The average molecular weight is 362 g/mol. The van der Waals surface area contributed by atoms with Crippen molar-refractivity contribution >= 4 is 34.9 Å². The number of aromatic nitrogens is 2. The van der Waals surface area contributed by atoms with Gasteiger partial charge in [0, 0.05) is 23.1 Å². The molecule has 0 unspecified atom stereocenters. The van der Waals surface area contributed by atoms with Crippen molar-refractivity contribution in [3.63, 3.8) is 0 Å². The van der Waals surface area contributed by atoms with Gasteiger partial charge in [0.15, 0.2) is 5.78 Å². The van der Waals surface area contributed by atoms with E-state index in [0.29, 0.717) is 22.9 Å². The van der Waals surface area contributed by atoms with Gasteiger partial charge in [-0.3, -0.25) is 4.79 Å². The summed E-state index contributed by atoms with van der Waals surface area (Å²) in [5.74, 6) is 0.584. The summed E-state index contributed by atoms with van der Waals surface area (Å²) in [5.41, 5.74) is 2.58. The second-order valence-corrected chi connectivity index (χ2v) is 5.72. The Kier molecular flexibility index (Phi) is 5.41. The van der Waals surface area contributed by atoms with Crippen molar-refractivity contribution in [1.29, 1.82) is 0 Å². The molecule has 7 heteroatoms. The molecule has 136 valence electrons. The fourth-order valence-corrected chi connectivity index (χ4v) is 2.39. The van der Waals surface area contributed by atoms with Crippen LogP contribution in [-0.2, 0) is 4.74 Å². The SMILES string of the molecule is COC(=O)c1ccc(Nc2ccnc(Nc3cccc(C(C)=O)c3)n2)cc1. The second-order valence-electron chi connectivity index (χ2n) is 5.72. The molecule has 0 amide bonds. The van der Waals surface area contributed by atoms with Crippen molar-refractivity contribution in [3.8, 4) is 0 Å². The summed E-state index contributed by atoms with van der Waals surface area (Å²) in [5, 5.41) is 6.23. The van der Waals surface area contributed by atoms with Gasteiger partial charge in [-0.05, 0) is 49.4 Å². The lowest BCUT2D eigenvalue weighted by atomic mass is 10.1. The first-order valence-electron chi connectivity index (χ1n) is 8.21. The van der Waals surface area contributed by atoms with Gasteiger partial charge in [-0.1, -0.05) is 12.1 Å². The van der Waals surface area contributed by atoms with Gasteiger partial charge >= 0.3 is 5.97 Å². The third kappa shape index (κ3) is 4.66. The van der Waals surface area contributed by atoms with E-state index in [0.717, 1.165) is 11.4 Å². The summed E-state index contributed by atoms with van der Waals surface area (Å²) in [7, 11) is 1.34. The van der Waals surface area contributed by atoms with Crippen molar-refractivity contribution in [1.82, 2.24) is 9.97 Å². The molecule has 7 nitrogen and oxygen atoms in total. The minimum atomic E-state index is -0.386. The number of benzene rings is 2. The Balaban J connectivity index is 1.73. The molecule has 0 saturated carbocycles. The van der Waals surface area contributed by atoms with E-state index in [1.807, 2.05) is 6.07 Å². The number of hydrogen-bond acceptors (Lipinski definition) is 7. The van der Waals surface area contributed by atoms with E-state index in [1.54, 1.807) is 54.7 Å². The standard InChI is InChI=1S/C20H18N4O3/c1-13(25)15-4-3-5-17(12-15)23-20-21-11-10-18(24-20)22-16-8-6-14(7-9-16)19(26)27-2/h3-12H,1-2H3,(H2,21,22,23,24). The molecule has 0 bridgehead atoms. The highest BCUT2D eigenvalue weighted by atomic mass is 16.5. The zero-order chi connectivity index (χ0) is 19.2. The Morgan fingerprint density at radius 1 is 0.926 bits per heavy atom. The van der Waals surface area contributed by atoms with Crippen LogP contribution in [0, 0.1) is 0 Å². The number of nitrogens with zero attached hydrogens (tertiary/aromatic N) is 2. The van der Waals surface area contributed by atoms with Crippen LogP contribution < -0.4 is 10.6 Å². The van der Waals surface area contributed by atoms with Crippen molar-refractivity contribution < 1.29 is 14.3 Å². The first-order valence-corrected chi connectivity index (χ1v) is 8.21. The first-order chi connectivity index (χ1) is 13.0. The number of nitrogens with one attached hydrogen (secondary N) is 2. The molecule has 0 aliphatic heterocycles. The number of Topliss-reactive ketones (excluding diaryl/α,β-unsaturated/α-hetero) is 1. The molecule has 1 heterocycles. The number of ketones is 1. The van der Waals surface area contributed by atoms with Crippen LogP contribution in [0.3, 0.4) is 0 Å². The number of methoxy groups -OCH3 is 1. The molecular weight excluding hydrogens is 344 g/mol. The molecule has 0 saturated heterocycles. The molecule has 0 atom stereocenters. The monoisotopic (exact) mass is 362 g/mol. The molecule has 3 aromatic rings. The van der Waals surface area contributed by atoms with Gasteiger partial charge in [0.1, 0.15) is 5.82 Å². The van der Waals surface area contributed by atoms with Crippen molar-refractivity contribution in [2.24, 2.45) is 0 Å². The number of rotatable bonds is 6. The third-order valence-corrected chi connectivity index (χ3v) is 3.76. The van der Waals surface area contributed by atoms with Crippen LogP contribution in [0.5, 0.6) is 0 Å². The Hall–Kier alpha value is -3.74. The topological polar surface area (TPSA) is 93.2 Å². The number of hydrogen-bond donors (Lipinski definition) is 2. The number of carbonyl (C=O) groups excluding carboxylic acids is 2. The van der Waals surface area contributed by atoms with Crippen LogP contribution in [0.15, 0.2) is 60.8 Å². The van der Waals surface area contributed by atoms with E-state index in [9.17, 15) is 9.59 Å². The van der Waals surface area contributed by atoms with Crippen LogP contribution >= 0.6 is 0 Å². The van der Waals surface area contributed by atoms with Gasteiger partial charge in [0.05, 0.1) is 12.7 Å². The highest BCUT2D eigenvalue weighted by Crippen LogP contribution is 2.19. The second kappa shape index (κ2) is 8.09. The zero-order valence-corrected chi connectivity index (χ0v) is 14.9. The maximum absolute atomic E-state index is 11.5. The van der Waals surface area contributed by atoms with E-state index >= 15 is 0 Å². The molecule has 0 fully saturated rings. The van der Waals surface area contributed by atoms with Crippen LogP contribution in [-0.4, -0.2) is 28.8 Å². The lowest BCUT2D eigenvalue weighted by Gasteiger charge is -2.09. The number of anilines is 4. The minimum absolute atomic E-state index is 0.00890. The fourth-order valence-electron chi connectivity index (χ4n) is 2.39. The van der Waals surface area contributed by atoms with Crippen molar-refractivity contribution in [2.75, 3.05) is 17.7 Å². The number of esters is 1. The summed E-state index contributed by atoms with van der Waals surface area (Å²) in [4.78, 5) is 31.6. The van der Waals surface area contributed by atoms with E-state index in [4.69, 9.17) is 0 Å². The van der Waals surface area contributed by atoms with Crippen LogP contribution in [0.25, 0.3) is 0 Å². The predicted octanol–water partition coefficient (Wildman–Crippen LogP) is 3.95. The normalized spacial score (nSPS) is 10.1. The third-order valence-electron chi connectivity index (χ3n) is 3.76. The summed E-state index contributed by atoms with van der Waals surface area (Å²) >= 11 is 0. The van der Waals surface area contributed by atoms with E-state index in [-0.39, 0.29) is 11.8 Å². The Bertz CT molecular complexity index is 971. The zero-order valence-electron chi connectivity index (χ0n) is 14.9. The quantitative estimate of drug-likeness (QED) is 0.506. The maximum Gasteiger partial charge on any atom is 0.337 e. The van der Waals surface area contributed by atoms with E-state index in [1.165, 1.54) is 14.0 Å². The molecule has 3 rings (SSSR count). The molecular formula is C20H18N4O3. The van der Waals surface area contributed by atoms with Gasteiger partial charge in [-0.15, -0.1) is 0 Å². The van der Waals surface area contributed by atoms with E-state index in [2.05, 4.69) is 25.3 Å². The molecule has 1 aromatic heterocycles. The van der Waals surface area contributed by atoms with Crippen LogP contribution in [0.4, 0.5) is 23.1 Å². The van der Waals surface area contributed by atoms with Crippen molar-refractivity contribution in [2.45, 2.75) is 6.92 Å². The van der Waals surface area contributed by atoms with Gasteiger partial charge in [0.2, 0.25) is 5.95 Å². The summed E-state index contributed by atoms with van der Waals surface area (Å²) in [6, 6.07) is 15.7. The first kappa shape index (κ1) is 18.1. The molecule has 27 heavy (non-hydrogen) atoms. The molecule has 0 aliphatic rings. The minimum Gasteiger partial charge on any atom is -0.465 e. The summed E-state index contributed by atoms with van der Waals surface area (Å²) in [6.07, 6.45) is 1.62. The van der Waals surface area contributed by atoms with Crippen LogP contribution in [0.1, 0.15) is 27.6 Å². The fraction of sp³-hybridized carbons (Fsp3) is 0.100. The highest BCUT2D eigenvalue weighted by molar-refractivity contribution is 5.95. The smallest absolute Gasteiger partial charge is 0.337 e. The summed E-state index contributed by atoms with van der Waals surface area (Å²) < 4.78 is 4.68. The summed E-state index contributed by atoms with van der Waals surface area (Å²) in [6.45, 7) is 1.52. The average Bonchev–Trinajstić information content (AvgIpc) is 2.68. The Labute approximate surface area is 156 Å². The lowest BCUT2D eigenvalue weighted by molar-refractivity contribution is 0.0600. The van der Waals surface area contributed by atoms with Gasteiger partial charge in [0.25, 0.3) is 0 Å². The van der Waals surface area contributed by atoms with Crippen molar-refractivity contribution in [3.05, 3.63) is 71.9 Å². The molecule has 0 radical (unpaired) electrons. The predicted molar refractivity (Wildman–Crippen MR) is 103 cm³/mol. The van der Waals surface area contributed by atoms with Gasteiger partial charge in [-0.2, -0.15) is 4.98 Å². The lowest BCUT2D eigenvalue weighted by Crippen LogP contribution is -2.02. The Morgan fingerprint density at radius 3 is 2.41 bits per heavy atom. The number of ether oxygens (including phenoxy) is 1. The maximum atomic E-state index is 11.5. The largest absolute Gasteiger partial charge is 0.465 e. The molecule has 0 aliphatic carbocycles. The van der Waals surface area contributed by atoms with Gasteiger partial charge < -0.3 is 15.4 Å². The van der Waals surface area contributed by atoms with Crippen LogP contribution in [0.2, 0.25) is 0 Å². The number of carbonyl (C=O) groups is 2. The van der Waals surface area contributed by atoms with E-state index < -0.39 is 0 Å². The van der Waals surface area contributed by atoms with Gasteiger partial charge in [-0.25, -0.2) is 9.78 Å². The Morgan fingerprint density at radius 2 is 1.70 bits per heavy atom. The highest BCUT2D eigenvalue weighted by Gasteiger charge is 2.06. The molecule has 2 N–H and O–H groups in total.